The smallest absolute Gasteiger partial charge is 0.218 e. The van der Waals surface area contributed by atoms with Crippen LogP contribution < -0.4 is 10.5 Å². The number of carbonyl (C=O) groups is 1. The molecule has 1 amide bonds. The molecule has 0 bridgehead atoms. The maximum Gasteiger partial charge on any atom is 0.218 e. The van der Waals surface area contributed by atoms with Gasteiger partial charge < -0.3 is 10.5 Å². The van der Waals surface area contributed by atoms with Crippen LogP contribution in [0.15, 0.2) is 24.3 Å². The number of nitrogens with zero attached hydrogens (tertiary/aromatic N) is 2. The molecule has 1 fully saturated rings. The van der Waals surface area contributed by atoms with Crippen molar-refractivity contribution >= 4 is 5.91 Å². The first-order chi connectivity index (χ1) is 10.7. The molecule has 1 aliphatic rings. The fraction of sp³-hybridized carbons (Fsp3) is 0.529. The third kappa shape index (κ3) is 5.05. The lowest BCUT2D eigenvalue weighted by Crippen LogP contribution is -2.42. The van der Waals surface area contributed by atoms with Crippen molar-refractivity contribution in [3.63, 3.8) is 0 Å². The second kappa shape index (κ2) is 8.40. The minimum Gasteiger partial charge on any atom is -0.494 e. The lowest BCUT2D eigenvalue weighted by molar-refractivity contribution is -0.119. The van der Waals surface area contributed by atoms with Crippen molar-refractivity contribution in [3.05, 3.63) is 29.8 Å². The second-order valence-corrected chi connectivity index (χ2v) is 5.70. The van der Waals surface area contributed by atoms with E-state index in [0.29, 0.717) is 18.6 Å². The Hall–Kier alpha value is -2.06. The van der Waals surface area contributed by atoms with E-state index in [1.807, 2.05) is 12.1 Å². The molecule has 1 heterocycles. The Balaban J connectivity index is 1.74. The molecule has 1 aromatic rings. The van der Waals surface area contributed by atoms with Gasteiger partial charge in [0.1, 0.15) is 5.75 Å². The molecule has 5 heteroatoms. The monoisotopic (exact) mass is 301 g/mol. The standard InChI is InChI=1S/C17H23N3O2/c18-13-14-5-3-7-16(11-14)22-10-4-9-20-8-2-1-6-15(20)12-17(19)21/h3,5,7,11,15H,1-2,4,6,8-10,12H2,(H2,19,21)/t15-/m1/s1. The molecule has 0 unspecified atom stereocenters. The minimum absolute atomic E-state index is 0.221. The summed E-state index contributed by atoms with van der Waals surface area (Å²) in [5, 5.41) is 8.85. The van der Waals surface area contributed by atoms with Gasteiger partial charge in [0.15, 0.2) is 0 Å². The summed E-state index contributed by atoms with van der Waals surface area (Å²) in [5.41, 5.74) is 5.93. The third-order valence-electron chi connectivity index (χ3n) is 4.01. The summed E-state index contributed by atoms with van der Waals surface area (Å²) in [6.45, 7) is 2.55. The SMILES string of the molecule is N#Cc1cccc(OCCCN2CCCC[C@@H]2CC(N)=O)c1. The molecular formula is C17H23N3O2. The van der Waals surface area contributed by atoms with E-state index in [9.17, 15) is 4.79 Å². The fourth-order valence-corrected chi connectivity index (χ4v) is 2.93. The van der Waals surface area contributed by atoms with Crippen LogP contribution in [0, 0.1) is 11.3 Å². The quantitative estimate of drug-likeness (QED) is 0.782. The van der Waals surface area contributed by atoms with Crippen LogP contribution in [0.4, 0.5) is 0 Å². The van der Waals surface area contributed by atoms with Gasteiger partial charge >= 0.3 is 0 Å². The largest absolute Gasteiger partial charge is 0.494 e. The van der Waals surface area contributed by atoms with Crippen molar-refractivity contribution in [2.45, 2.75) is 38.1 Å². The van der Waals surface area contributed by atoms with Gasteiger partial charge in [0.2, 0.25) is 5.91 Å². The lowest BCUT2D eigenvalue weighted by Gasteiger charge is -2.35. The number of likely N-dealkylation sites (tertiary alicyclic amines) is 1. The predicted octanol–water partition coefficient (Wildman–Crippen LogP) is 2.06. The van der Waals surface area contributed by atoms with E-state index in [0.717, 1.165) is 31.7 Å². The molecule has 2 N–H and O–H groups in total. The molecule has 1 aromatic carbocycles. The highest BCUT2D eigenvalue weighted by Crippen LogP contribution is 2.20. The summed E-state index contributed by atoms with van der Waals surface area (Å²) in [7, 11) is 0. The zero-order valence-corrected chi connectivity index (χ0v) is 12.8. The Kier molecular flexibility index (Phi) is 6.23. The molecule has 0 aliphatic carbocycles. The molecule has 1 saturated heterocycles. The highest BCUT2D eigenvalue weighted by Gasteiger charge is 2.23. The normalized spacial score (nSPS) is 18.6. The van der Waals surface area contributed by atoms with Gasteiger partial charge in [-0.25, -0.2) is 0 Å². The minimum atomic E-state index is -0.221. The van der Waals surface area contributed by atoms with Gasteiger partial charge in [-0.3, -0.25) is 9.69 Å². The third-order valence-corrected chi connectivity index (χ3v) is 4.01. The number of nitriles is 1. The molecule has 0 aromatic heterocycles. The van der Waals surface area contributed by atoms with E-state index in [4.69, 9.17) is 15.7 Å². The van der Waals surface area contributed by atoms with Crippen LogP contribution in [0.3, 0.4) is 0 Å². The van der Waals surface area contributed by atoms with Crippen molar-refractivity contribution < 1.29 is 9.53 Å². The van der Waals surface area contributed by atoms with Gasteiger partial charge in [-0.1, -0.05) is 12.5 Å². The van der Waals surface area contributed by atoms with Crippen molar-refractivity contribution in [2.75, 3.05) is 19.7 Å². The van der Waals surface area contributed by atoms with E-state index in [2.05, 4.69) is 11.0 Å². The molecule has 118 valence electrons. The zero-order chi connectivity index (χ0) is 15.8. The molecule has 0 saturated carbocycles. The molecular weight excluding hydrogens is 278 g/mol. The molecule has 1 atom stereocenters. The van der Waals surface area contributed by atoms with Crippen LogP contribution >= 0.6 is 0 Å². The fourth-order valence-electron chi connectivity index (χ4n) is 2.93. The molecule has 5 nitrogen and oxygen atoms in total. The van der Waals surface area contributed by atoms with Crippen molar-refractivity contribution in [2.24, 2.45) is 5.73 Å². The number of ether oxygens (including phenoxy) is 1. The second-order valence-electron chi connectivity index (χ2n) is 5.70. The summed E-state index contributed by atoms with van der Waals surface area (Å²) in [4.78, 5) is 13.5. The molecule has 0 spiro atoms. The molecule has 2 rings (SSSR count). The summed E-state index contributed by atoms with van der Waals surface area (Å²) < 4.78 is 5.69. The number of hydrogen-bond donors (Lipinski definition) is 1. The van der Waals surface area contributed by atoms with E-state index < -0.39 is 0 Å². The first-order valence-electron chi connectivity index (χ1n) is 7.84. The molecule has 1 aliphatic heterocycles. The number of hydrogen-bond acceptors (Lipinski definition) is 4. The number of nitrogens with two attached hydrogens (primary N) is 1. The number of rotatable bonds is 7. The van der Waals surface area contributed by atoms with Gasteiger partial charge in [0.05, 0.1) is 18.2 Å². The Morgan fingerprint density at radius 2 is 2.32 bits per heavy atom. The topological polar surface area (TPSA) is 79.3 Å². The Bertz CT molecular complexity index is 539. The zero-order valence-electron chi connectivity index (χ0n) is 12.8. The van der Waals surface area contributed by atoms with Crippen LogP contribution in [0.1, 0.15) is 37.7 Å². The summed E-state index contributed by atoms with van der Waals surface area (Å²) >= 11 is 0. The highest BCUT2D eigenvalue weighted by molar-refractivity contribution is 5.74. The van der Waals surface area contributed by atoms with Crippen LogP contribution in [0.25, 0.3) is 0 Å². The Morgan fingerprint density at radius 1 is 1.45 bits per heavy atom. The number of amides is 1. The predicted molar refractivity (Wildman–Crippen MR) is 84.3 cm³/mol. The number of primary amides is 1. The average Bonchev–Trinajstić information content (AvgIpc) is 2.52. The average molecular weight is 301 g/mol. The first kappa shape index (κ1) is 16.3. The van der Waals surface area contributed by atoms with Crippen molar-refractivity contribution in [3.8, 4) is 11.8 Å². The summed E-state index contributed by atoms with van der Waals surface area (Å²) in [6, 6.07) is 9.57. The highest BCUT2D eigenvalue weighted by atomic mass is 16.5. The van der Waals surface area contributed by atoms with Gasteiger partial charge in [0, 0.05) is 19.0 Å². The Labute approximate surface area is 131 Å². The maximum absolute atomic E-state index is 11.1. The van der Waals surface area contributed by atoms with Crippen molar-refractivity contribution in [1.82, 2.24) is 4.90 Å². The van der Waals surface area contributed by atoms with Gasteiger partial charge in [0.25, 0.3) is 0 Å². The molecule has 0 radical (unpaired) electrons. The van der Waals surface area contributed by atoms with Gasteiger partial charge in [-0.05, 0) is 44.0 Å². The number of benzene rings is 1. The van der Waals surface area contributed by atoms with Crippen molar-refractivity contribution in [1.29, 1.82) is 5.26 Å². The van der Waals surface area contributed by atoms with Crippen LogP contribution in [-0.4, -0.2) is 36.5 Å². The van der Waals surface area contributed by atoms with E-state index in [1.54, 1.807) is 12.1 Å². The van der Waals surface area contributed by atoms with Gasteiger partial charge in [-0.2, -0.15) is 5.26 Å². The Morgan fingerprint density at radius 3 is 3.09 bits per heavy atom. The maximum atomic E-state index is 11.1. The number of carbonyl (C=O) groups excluding carboxylic acids is 1. The van der Waals surface area contributed by atoms with E-state index >= 15 is 0 Å². The van der Waals surface area contributed by atoms with Gasteiger partial charge in [-0.15, -0.1) is 0 Å². The van der Waals surface area contributed by atoms with E-state index in [-0.39, 0.29) is 11.9 Å². The lowest BCUT2D eigenvalue weighted by atomic mass is 9.99. The first-order valence-corrected chi connectivity index (χ1v) is 7.84. The van der Waals surface area contributed by atoms with Crippen LogP contribution in [0.5, 0.6) is 5.75 Å². The summed E-state index contributed by atoms with van der Waals surface area (Å²) in [6.07, 6.45) is 4.75. The number of piperidine rings is 1. The van der Waals surface area contributed by atoms with Crippen LogP contribution in [-0.2, 0) is 4.79 Å². The summed E-state index contributed by atoms with van der Waals surface area (Å²) in [5.74, 6) is 0.507. The molecule has 22 heavy (non-hydrogen) atoms. The van der Waals surface area contributed by atoms with E-state index in [1.165, 1.54) is 12.8 Å². The van der Waals surface area contributed by atoms with Crippen LogP contribution in [0.2, 0.25) is 0 Å².